The van der Waals surface area contributed by atoms with Crippen LogP contribution in [-0.4, -0.2) is 0 Å². The molecule has 0 unspecified atom stereocenters. The number of fused-ring (bicyclic) bond motifs is 4. The number of nitrogens with zero attached hydrogens (tertiary/aromatic N) is 1. The molecule has 54 heavy (non-hydrogen) atoms. The van der Waals surface area contributed by atoms with Gasteiger partial charge in [-0.2, -0.15) is 0 Å². The van der Waals surface area contributed by atoms with Crippen molar-refractivity contribution in [1.82, 2.24) is 0 Å². The molecule has 0 aliphatic carbocycles. The molecule has 0 amide bonds. The van der Waals surface area contributed by atoms with Crippen LogP contribution < -0.4 is 4.90 Å². The van der Waals surface area contributed by atoms with Gasteiger partial charge >= 0.3 is 0 Å². The maximum Gasteiger partial charge on any atom is 0.0554 e. The highest BCUT2D eigenvalue weighted by atomic mass is 32.1. The smallest absolute Gasteiger partial charge is 0.0554 e. The van der Waals surface area contributed by atoms with Crippen LogP contribution >= 0.6 is 11.3 Å². The van der Waals surface area contributed by atoms with E-state index < -0.39 is 0 Å². The zero-order valence-electron chi connectivity index (χ0n) is 29.6. The molecule has 1 aromatic heterocycles. The third-order valence-corrected chi connectivity index (χ3v) is 11.6. The summed E-state index contributed by atoms with van der Waals surface area (Å²) in [6.45, 7) is 0. The number of hydrogen-bond acceptors (Lipinski definition) is 2. The van der Waals surface area contributed by atoms with Gasteiger partial charge in [0.05, 0.1) is 5.69 Å². The Morgan fingerprint density at radius 3 is 1.61 bits per heavy atom. The van der Waals surface area contributed by atoms with Crippen LogP contribution in [0.4, 0.5) is 17.1 Å². The maximum absolute atomic E-state index is 2.43. The fourth-order valence-corrected chi connectivity index (χ4v) is 8.86. The van der Waals surface area contributed by atoms with E-state index in [1.165, 1.54) is 81.1 Å². The van der Waals surface area contributed by atoms with Gasteiger partial charge < -0.3 is 4.90 Å². The van der Waals surface area contributed by atoms with Crippen LogP contribution in [0.1, 0.15) is 0 Å². The molecule has 0 saturated carbocycles. The topological polar surface area (TPSA) is 3.24 Å². The summed E-state index contributed by atoms with van der Waals surface area (Å²) < 4.78 is 2.59. The van der Waals surface area contributed by atoms with E-state index in [1.807, 2.05) is 11.3 Å². The Morgan fingerprint density at radius 2 is 0.815 bits per heavy atom. The van der Waals surface area contributed by atoms with Crippen molar-refractivity contribution in [2.75, 3.05) is 4.90 Å². The monoisotopic (exact) mass is 705 g/mol. The minimum atomic E-state index is 1.11. The quantitative estimate of drug-likeness (QED) is 0.160. The standard InChI is InChI=1S/C52H35NS/c1-2-11-36(12-3-1)38-23-25-39(26-24-38)44-17-9-18-47(35-44)53(49-20-10-22-51-52(49)48-19-6-7-21-50(48)54-51)46-31-29-40(30-32-46)42-15-8-16-43(33-42)45-28-27-37-13-4-5-14-41(37)34-45/h1-35H. The Morgan fingerprint density at radius 1 is 0.296 bits per heavy atom. The Hall–Kier alpha value is -6.74. The van der Waals surface area contributed by atoms with Gasteiger partial charge in [0, 0.05) is 31.5 Å². The molecular formula is C52H35NS. The lowest BCUT2D eigenvalue weighted by Gasteiger charge is -2.27. The second-order valence-corrected chi connectivity index (χ2v) is 14.9. The lowest BCUT2D eigenvalue weighted by molar-refractivity contribution is 1.30. The van der Waals surface area contributed by atoms with Crippen LogP contribution in [-0.2, 0) is 0 Å². The van der Waals surface area contributed by atoms with Crippen molar-refractivity contribution in [2.24, 2.45) is 0 Å². The highest BCUT2D eigenvalue weighted by Crippen LogP contribution is 2.45. The lowest BCUT2D eigenvalue weighted by Crippen LogP contribution is -2.10. The SMILES string of the molecule is c1ccc(-c2ccc(-c3cccc(N(c4ccc(-c5cccc(-c6ccc7ccccc7c6)c5)cc4)c4cccc5sc6ccccc6c45)c3)cc2)cc1. The molecule has 0 aliphatic heterocycles. The van der Waals surface area contributed by atoms with E-state index in [0.717, 1.165) is 11.4 Å². The first-order valence-corrected chi connectivity index (χ1v) is 19.2. The molecule has 2 heteroatoms. The van der Waals surface area contributed by atoms with Gasteiger partial charge in [0.25, 0.3) is 0 Å². The van der Waals surface area contributed by atoms with Crippen LogP contribution in [0.5, 0.6) is 0 Å². The van der Waals surface area contributed by atoms with E-state index >= 15 is 0 Å². The first kappa shape index (κ1) is 32.0. The van der Waals surface area contributed by atoms with Crippen LogP contribution in [0.15, 0.2) is 212 Å². The summed E-state index contributed by atoms with van der Waals surface area (Å²) in [5, 5.41) is 5.08. The molecule has 0 atom stereocenters. The highest BCUT2D eigenvalue weighted by Gasteiger charge is 2.19. The molecular weight excluding hydrogens is 671 g/mol. The number of rotatable bonds is 7. The predicted molar refractivity (Wildman–Crippen MR) is 233 cm³/mol. The molecule has 10 aromatic rings. The average Bonchev–Trinajstić information content (AvgIpc) is 3.64. The number of thiophene rings is 1. The largest absolute Gasteiger partial charge is 0.310 e. The summed E-state index contributed by atoms with van der Waals surface area (Å²) in [5.74, 6) is 0. The predicted octanol–water partition coefficient (Wildman–Crippen LogP) is 15.3. The van der Waals surface area contributed by atoms with Crippen molar-refractivity contribution in [3.63, 3.8) is 0 Å². The summed E-state index contributed by atoms with van der Waals surface area (Å²) >= 11 is 1.86. The number of hydrogen-bond donors (Lipinski definition) is 0. The van der Waals surface area contributed by atoms with Crippen LogP contribution in [0.3, 0.4) is 0 Å². The molecule has 0 aliphatic rings. The van der Waals surface area contributed by atoms with Gasteiger partial charge in [-0.1, -0.05) is 158 Å². The summed E-state index contributed by atoms with van der Waals surface area (Å²) in [6.07, 6.45) is 0. The molecule has 0 spiro atoms. The fourth-order valence-electron chi connectivity index (χ4n) is 7.73. The van der Waals surface area contributed by atoms with Crippen LogP contribution in [0.25, 0.3) is 75.5 Å². The van der Waals surface area contributed by atoms with Crippen molar-refractivity contribution >= 4 is 59.3 Å². The molecule has 0 N–H and O–H groups in total. The minimum Gasteiger partial charge on any atom is -0.310 e. The Bertz CT molecular complexity index is 2920. The van der Waals surface area contributed by atoms with Crippen molar-refractivity contribution in [1.29, 1.82) is 0 Å². The average molecular weight is 706 g/mol. The number of anilines is 3. The Kier molecular flexibility index (Phi) is 8.09. The van der Waals surface area contributed by atoms with E-state index in [9.17, 15) is 0 Å². The molecule has 0 bridgehead atoms. The summed E-state index contributed by atoms with van der Waals surface area (Å²) in [5.41, 5.74) is 13.1. The molecule has 1 heterocycles. The molecule has 1 nitrogen and oxygen atoms in total. The minimum absolute atomic E-state index is 1.11. The van der Waals surface area contributed by atoms with Gasteiger partial charge in [-0.15, -0.1) is 11.3 Å². The van der Waals surface area contributed by atoms with Gasteiger partial charge in [0.2, 0.25) is 0 Å². The van der Waals surface area contributed by atoms with E-state index in [1.54, 1.807) is 0 Å². The van der Waals surface area contributed by atoms with Gasteiger partial charge in [0.1, 0.15) is 0 Å². The fraction of sp³-hybridized carbons (Fsp3) is 0. The van der Waals surface area contributed by atoms with Gasteiger partial charge in [-0.05, 0) is 110 Å². The van der Waals surface area contributed by atoms with Crippen molar-refractivity contribution in [2.45, 2.75) is 0 Å². The molecule has 0 radical (unpaired) electrons. The summed E-state index contributed by atoms with van der Waals surface area (Å²) in [6, 6.07) is 77.2. The van der Waals surface area contributed by atoms with Gasteiger partial charge in [0.15, 0.2) is 0 Å². The van der Waals surface area contributed by atoms with Gasteiger partial charge in [-0.25, -0.2) is 0 Å². The van der Waals surface area contributed by atoms with Gasteiger partial charge in [-0.3, -0.25) is 0 Å². The molecule has 254 valence electrons. The summed E-state index contributed by atoms with van der Waals surface area (Å²) in [7, 11) is 0. The Balaban J connectivity index is 1.06. The second kappa shape index (κ2) is 13.7. The van der Waals surface area contributed by atoms with Crippen molar-refractivity contribution in [3.05, 3.63) is 212 Å². The van der Waals surface area contributed by atoms with Crippen molar-refractivity contribution < 1.29 is 0 Å². The highest BCUT2D eigenvalue weighted by molar-refractivity contribution is 7.26. The van der Waals surface area contributed by atoms with Crippen LogP contribution in [0.2, 0.25) is 0 Å². The normalized spacial score (nSPS) is 11.3. The first-order valence-electron chi connectivity index (χ1n) is 18.4. The third kappa shape index (κ3) is 5.93. The number of benzene rings is 9. The van der Waals surface area contributed by atoms with E-state index in [2.05, 4.69) is 217 Å². The Labute approximate surface area is 319 Å². The lowest BCUT2D eigenvalue weighted by atomic mass is 9.97. The van der Waals surface area contributed by atoms with Crippen molar-refractivity contribution in [3.8, 4) is 44.5 Å². The zero-order chi connectivity index (χ0) is 35.8. The maximum atomic E-state index is 2.43. The van der Waals surface area contributed by atoms with E-state index in [-0.39, 0.29) is 0 Å². The molecule has 9 aromatic carbocycles. The molecule has 0 saturated heterocycles. The molecule has 10 rings (SSSR count). The van der Waals surface area contributed by atoms with E-state index in [4.69, 9.17) is 0 Å². The van der Waals surface area contributed by atoms with Crippen LogP contribution in [0, 0.1) is 0 Å². The summed E-state index contributed by atoms with van der Waals surface area (Å²) in [4.78, 5) is 2.43. The first-order chi connectivity index (χ1) is 26.7. The third-order valence-electron chi connectivity index (χ3n) is 10.5. The van der Waals surface area contributed by atoms with E-state index in [0.29, 0.717) is 0 Å². The second-order valence-electron chi connectivity index (χ2n) is 13.8. The molecule has 0 fully saturated rings. The zero-order valence-corrected chi connectivity index (χ0v) is 30.4.